The maximum absolute atomic E-state index is 13.8. The molecule has 0 saturated carbocycles. The molecule has 0 N–H and O–H groups in total. The summed E-state index contributed by atoms with van der Waals surface area (Å²) in [6.07, 6.45) is 3.18. The molecule has 1 fully saturated rings. The highest BCUT2D eigenvalue weighted by Crippen LogP contribution is 2.31. The lowest BCUT2D eigenvalue weighted by atomic mass is 10.1. The SMILES string of the molecule is COc1cc2c(N(C)C3CCS(=O)CC3)ncnc2cc1F. The van der Waals surface area contributed by atoms with Gasteiger partial charge in [-0.1, -0.05) is 0 Å². The highest BCUT2D eigenvalue weighted by atomic mass is 32.2. The quantitative estimate of drug-likeness (QED) is 0.866. The molecule has 2 heterocycles. The zero-order chi connectivity index (χ0) is 15.7. The number of hydrogen-bond acceptors (Lipinski definition) is 5. The fourth-order valence-corrected chi connectivity index (χ4v) is 4.10. The van der Waals surface area contributed by atoms with Gasteiger partial charge in [0, 0.05) is 46.8 Å². The van der Waals surface area contributed by atoms with Crippen molar-refractivity contribution in [2.45, 2.75) is 18.9 Å². The van der Waals surface area contributed by atoms with E-state index in [2.05, 4.69) is 14.9 Å². The largest absolute Gasteiger partial charge is 0.494 e. The van der Waals surface area contributed by atoms with E-state index in [4.69, 9.17) is 4.74 Å². The standard InChI is InChI=1S/C15H18FN3O2S/c1-19(10-3-5-22(20)6-4-10)15-11-7-14(21-2)12(16)8-13(11)17-9-18-15/h7-10H,3-6H2,1-2H3. The van der Waals surface area contributed by atoms with Gasteiger partial charge in [-0.25, -0.2) is 14.4 Å². The first kappa shape index (κ1) is 15.1. The van der Waals surface area contributed by atoms with Gasteiger partial charge < -0.3 is 9.64 Å². The molecule has 0 unspecified atom stereocenters. The molecule has 22 heavy (non-hydrogen) atoms. The minimum absolute atomic E-state index is 0.182. The molecule has 0 radical (unpaired) electrons. The van der Waals surface area contributed by atoms with Gasteiger partial charge in [-0.15, -0.1) is 0 Å². The molecule has 0 spiro atoms. The lowest BCUT2D eigenvalue weighted by Crippen LogP contribution is -2.38. The molecule has 1 aliphatic heterocycles. The maximum atomic E-state index is 13.8. The number of nitrogens with zero attached hydrogens (tertiary/aromatic N) is 3. The first-order valence-electron chi connectivity index (χ1n) is 7.16. The summed E-state index contributed by atoms with van der Waals surface area (Å²) < 4.78 is 30.4. The minimum Gasteiger partial charge on any atom is -0.494 e. The molecule has 1 aromatic carbocycles. The van der Waals surface area contributed by atoms with Gasteiger partial charge in [-0.05, 0) is 18.9 Å². The Morgan fingerprint density at radius 2 is 2.05 bits per heavy atom. The van der Waals surface area contributed by atoms with Gasteiger partial charge in [0.05, 0.1) is 12.6 Å². The summed E-state index contributed by atoms with van der Waals surface area (Å²) >= 11 is 0. The summed E-state index contributed by atoms with van der Waals surface area (Å²) in [5.41, 5.74) is 0.550. The van der Waals surface area contributed by atoms with E-state index in [0.717, 1.165) is 35.6 Å². The third-order valence-corrected chi connectivity index (χ3v) is 5.51. The second-order valence-corrected chi connectivity index (χ2v) is 7.09. The molecular formula is C15H18FN3O2S. The van der Waals surface area contributed by atoms with Crippen molar-refractivity contribution in [3.63, 3.8) is 0 Å². The number of fused-ring (bicyclic) bond motifs is 1. The number of anilines is 1. The van der Waals surface area contributed by atoms with E-state index in [9.17, 15) is 8.60 Å². The smallest absolute Gasteiger partial charge is 0.167 e. The van der Waals surface area contributed by atoms with Crippen molar-refractivity contribution in [2.24, 2.45) is 0 Å². The maximum Gasteiger partial charge on any atom is 0.167 e. The van der Waals surface area contributed by atoms with Crippen molar-refractivity contribution in [3.05, 3.63) is 24.3 Å². The Balaban J connectivity index is 2.00. The molecular weight excluding hydrogens is 305 g/mol. The molecule has 118 valence electrons. The zero-order valence-electron chi connectivity index (χ0n) is 12.6. The van der Waals surface area contributed by atoms with Crippen molar-refractivity contribution in [3.8, 4) is 5.75 Å². The third kappa shape index (κ3) is 2.77. The van der Waals surface area contributed by atoms with Crippen molar-refractivity contribution in [1.82, 2.24) is 9.97 Å². The molecule has 1 aromatic heterocycles. The van der Waals surface area contributed by atoms with Gasteiger partial charge in [0.1, 0.15) is 12.1 Å². The topological polar surface area (TPSA) is 55.3 Å². The fraction of sp³-hybridized carbons (Fsp3) is 0.467. The summed E-state index contributed by atoms with van der Waals surface area (Å²) in [6.45, 7) is 0. The molecule has 0 aliphatic carbocycles. The predicted octanol–water partition coefficient (Wildman–Crippen LogP) is 2.12. The van der Waals surface area contributed by atoms with E-state index in [-0.39, 0.29) is 11.8 Å². The number of aromatic nitrogens is 2. The van der Waals surface area contributed by atoms with E-state index >= 15 is 0 Å². The van der Waals surface area contributed by atoms with Crippen LogP contribution in [0.3, 0.4) is 0 Å². The van der Waals surface area contributed by atoms with E-state index in [1.54, 1.807) is 6.07 Å². The highest BCUT2D eigenvalue weighted by Gasteiger charge is 2.24. The van der Waals surface area contributed by atoms with Crippen molar-refractivity contribution < 1.29 is 13.3 Å². The van der Waals surface area contributed by atoms with Gasteiger partial charge in [-0.3, -0.25) is 4.21 Å². The van der Waals surface area contributed by atoms with E-state index in [0.29, 0.717) is 5.52 Å². The van der Waals surface area contributed by atoms with Crippen LogP contribution in [0.2, 0.25) is 0 Å². The normalized spacial score (nSPS) is 21.8. The highest BCUT2D eigenvalue weighted by molar-refractivity contribution is 7.85. The molecule has 1 saturated heterocycles. The van der Waals surface area contributed by atoms with Crippen LogP contribution in [-0.2, 0) is 10.8 Å². The summed E-state index contributed by atoms with van der Waals surface area (Å²) in [6, 6.07) is 3.28. The molecule has 0 atom stereocenters. The average Bonchev–Trinajstić information content (AvgIpc) is 2.53. The van der Waals surface area contributed by atoms with Gasteiger partial charge >= 0.3 is 0 Å². The van der Waals surface area contributed by atoms with Crippen LogP contribution in [0.15, 0.2) is 18.5 Å². The number of rotatable bonds is 3. The number of hydrogen-bond donors (Lipinski definition) is 0. The first-order valence-corrected chi connectivity index (χ1v) is 8.65. The minimum atomic E-state index is -0.698. The molecule has 3 rings (SSSR count). The van der Waals surface area contributed by atoms with Crippen molar-refractivity contribution >= 4 is 27.5 Å². The van der Waals surface area contributed by atoms with Crippen molar-refractivity contribution in [2.75, 3.05) is 30.6 Å². The average molecular weight is 323 g/mol. The Morgan fingerprint density at radius 1 is 1.32 bits per heavy atom. The van der Waals surface area contributed by atoms with E-state index in [1.165, 1.54) is 19.5 Å². The Bertz CT molecular complexity index is 715. The van der Waals surface area contributed by atoms with Gasteiger partial charge in [0.25, 0.3) is 0 Å². The van der Waals surface area contributed by atoms with Gasteiger partial charge in [0.2, 0.25) is 0 Å². The monoisotopic (exact) mass is 323 g/mol. The number of methoxy groups -OCH3 is 1. The first-order chi connectivity index (χ1) is 10.6. The summed E-state index contributed by atoms with van der Waals surface area (Å²) in [5.74, 6) is 1.93. The Kier molecular flexibility index (Phi) is 4.24. The molecule has 0 amide bonds. The second kappa shape index (κ2) is 6.16. The van der Waals surface area contributed by atoms with Gasteiger partial charge in [-0.2, -0.15) is 0 Å². The Morgan fingerprint density at radius 3 is 2.73 bits per heavy atom. The Hall–Kier alpha value is -1.76. The third-order valence-electron chi connectivity index (χ3n) is 4.13. The number of benzene rings is 1. The van der Waals surface area contributed by atoms with Crippen LogP contribution in [0.5, 0.6) is 5.75 Å². The molecule has 0 bridgehead atoms. The van der Waals surface area contributed by atoms with E-state index < -0.39 is 16.6 Å². The lowest BCUT2D eigenvalue weighted by molar-refractivity contribution is 0.387. The van der Waals surface area contributed by atoms with E-state index in [1.807, 2.05) is 7.05 Å². The summed E-state index contributed by atoms with van der Waals surface area (Å²) in [5, 5.41) is 0.759. The Labute approximate surface area is 131 Å². The van der Waals surface area contributed by atoms with Crippen molar-refractivity contribution in [1.29, 1.82) is 0 Å². The van der Waals surface area contributed by atoms with Gasteiger partial charge in [0.15, 0.2) is 11.6 Å². The second-order valence-electron chi connectivity index (χ2n) is 5.39. The molecule has 5 nitrogen and oxygen atoms in total. The van der Waals surface area contributed by atoms with Crippen LogP contribution >= 0.6 is 0 Å². The molecule has 1 aliphatic rings. The van der Waals surface area contributed by atoms with Crippen LogP contribution in [0, 0.1) is 5.82 Å². The van der Waals surface area contributed by atoms with Crippen LogP contribution in [-0.4, -0.2) is 45.9 Å². The van der Waals surface area contributed by atoms with Crippen LogP contribution in [0.4, 0.5) is 10.2 Å². The van der Waals surface area contributed by atoms with Crippen LogP contribution in [0.1, 0.15) is 12.8 Å². The van der Waals surface area contributed by atoms with Crippen LogP contribution in [0.25, 0.3) is 10.9 Å². The number of ether oxygens (including phenoxy) is 1. The fourth-order valence-electron chi connectivity index (χ4n) is 2.82. The summed E-state index contributed by atoms with van der Waals surface area (Å²) in [4.78, 5) is 10.6. The van der Waals surface area contributed by atoms with Crippen LogP contribution < -0.4 is 9.64 Å². The molecule has 7 heteroatoms. The molecule has 2 aromatic rings. The number of halogens is 1. The predicted molar refractivity (Wildman–Crippen MR) is 85.3 cm³/mol. The zero-order valence-corrected chi connectivity index (χ0v) is 13.4. The summed E-state index contributed by atoms with van der Waals surface area (Å²) in [7, 11) is 2.71. The lowest BCUT2D eigenvalue weighted by Gasteiger charge is -2.32.